The fraction of sp³-hybridized carbons (Fsp3) is 0.476. The van der Waals surface area contributed by atoms with Crippen LogP contribution >= 0.6 is 24.0 Å². The molecule has 1 aliphatic rings. The molecule has 0 aromatic heterocycles. The maximum Gasteiger partial charge on any atom is 0.191 e. The molecule has 1 aliphatic heterocycles. The third-order valence-electron chi connectivity index (χ3n) is 4.98. The number of nitrogens with zero attached hydrogens (tertiary/aromatic N) is 2. The fourth-order valence-corrected chi connectivity index (χ4v) is 4.53. The maximum atomic E-state index is 11.5. The molecular weight excluding hydrogens is 515 g/mol. The molecule has 0 amide bonds. The molecule has 3 rings (SSSR count). The Morgan fingerprint density at radius 3 is 2.50 bits per heavy atom. The average Bonchev–Trinajstić information content (AvgIpc) is 2.73. The molecule has 0 spiro atoms. The summed E-state index contributed by atoms with van der Waals surface area (Å²) in [6.45, 7) is 4.15. The van der Waals surface area contributed by atoms with Gasteiger partial charge in [0.25, 0.3) is 0 Å². The van der Waals surface area contributed by atoms with E-state index < -0.39 is 9.84 Å². The summed E-state index contributed by atoms with van der Waals surface area (Å²) < 4.78 is 28.8. The van der Waals surface area contributed by atoms with Crippen LogP contribution in [0.25, 0.3) is 10.8 Å². The molecule has 2 aromatic rings. The Balaban J connectivity index is 0.00000320. The molecule has 0 bridgehead atoms. The van der Waals surface area contributed by atoms with Crippen LogP contribution in [0.4, 0.5) is 0 Å². The third kappa shape index (κ3) is 7.92. The van der Waals surface area contributed by atoms with E-state index in [9.17, 15) is 8.42 Å². The van der Waals surface area contributed by atoms with Gasteiger partial charge in [-0.05, 0) is 29.3 Å². The normalized spacial score (nSPS) is 16.6. The number of rotatable bonds is 8. The van der Waals surface area contributed by atoms with Crippen molar-refractivity contribution in [3.05, 3.63) is 42.5 Å². The van der Waals surface area contributed by atoms with Crippen molar-refractivity contribution in [1.29, 1.82) is 0 Å². The van der Waals surface area contributed by atoms with Gasteiger partial charge in [0.15, 0.2) is 15.8 Å². The van der Waals surface area contributed by atoms with E-state index in [0.717, 1.165) is 37.8 Å². The first-order valence-corrected chi connectivity index (χ1v) is 11.9. The second-order valence-corrected chi connectivity index (χ2v) is 9.43. The minimum atomic E-state index is -2.82. The number of hydrogen-bond acceptors (Lipinski definition) is 5. The van der Waals surface area contributed by atoms with Crippen LogP contribution < -0.4 is 15.4 Å². The summed E-state index contributed by atoms with van der Waals surface area (Å²) in [5.41, 5.74) is 0. The predicted octanol–water partition coefficient (Wildman–Crippen LogP) is 2.12. The van der Waals surface area contributed by atoms with Crippen LogP contribution in [0, 0.1) is 0 Å². The van der Waals surface area contributed by atoms with Crippen LogP contribution in [0.2, 0.25) is 0 Å². The van der Waals surface area contributed by atoms with Crippen LogP contribution in [0.5, 0.6) is 5.75 Å². The van der Waals surface area contributed by atoms with Gasteiger partial charge < -0.3 is 15.4 Å². The molecule has 2 aromatic carbocycles. The van der Waals surface area contributed by atoms with Gasteiger partial charge in [-0.2, -0.15) is 0 Å². The molecule has 7 nitrogen and oxygen atoms in total. The first-order chi connectivity index (χ1) is 14.1. The van der Waals surface area contributed by atoms with Gasteiger partial charge in [-0.3, -0.25) is 9.89 Å². The van der Waals surface area contributed by atoms with E-state index in [-0.39, 0.29) is 35.5 Å². The lowest BCUT2D eigenvalue weighted by Gasteiger charge is -2.26. The van der Waals surface area contributed by atoms with E-state index in [1.54, 1.807) is 7.05 Å². The summed E-state index contributed by atoms with van der Waals surface area (Å²) in [5.74, 6) is 2.16. The lowest BCUT2D eigenvalue weighted by molar-refractivity contribution is 0.299. The molecule has 0 radical (unpaired) electrons. The standard InChI is InChI=1S/C21H30N4O3S.HI/c1-22-21(24-10-11-25-12-15-29(26,27)16-13-25)23-9-4-14-28-20-8-7-18-5-2-3-6-19(18)17-20;/h2-3,5-8,17H,4,9-16H2,1H3,(H2,22,23,24);1H. The molecule has 30 heavy (non-hydrogen) atoms. The first kappa shape index (κ1) is 24.7. The second kappa shape index (κ2) is 12.3. The third-order valence-corrected chi connectivity index (χ3v) is 6.59. The van der Waals surface area contributed by atoms with Crippen molar-refractivity contribution in [2.45, 2.75) is 6.42 Å². The van der Waals surface area contributed by atoms with Crippen molar-refractivity contribution in [3.63, 3.8) is 0 Å². The highest BCUT2D eigenvalue weighted by Crippen LogP contribution is 2.20. The Bertz CT molecular complexity index is 923. The predicted molar refractivity (Wildman–Crippen MR) is 134 cm³/mol. The molecule has 0 saturated carbocycles. The Hall–Kier alpha value is -1.59. The van der Waals surface area contributed by atoms with Crippen molar-refractivity contribution >= 4 is 50.5 Å². The van der Waals surface area contributed by atoms with Crippen molar-refractivity contribution in [2.75, 3.05) is 57.9 Å². The van der Waals surface area contributed by atoms with Gasteiger partial charge in [0, 0.05) is 39.8 Å². The highest BCUT2D eigenvalue weighted by atomic mass is 127. The quantitative estimate of drug-likeness (QED) is 0.229. The molecule has 0 aliphatic carbocycles. The van der Waals surface area contributed by atoms with Gasteiger partial charge in [0.05, 0.1) is 18.1 Å². The fourth-order valence-electron chi connectivity index (χ4n) is 3.25. The Morgan fingerprint density at radius 2 is 1.77 bits per heavy atom. The zero-order chi connectivity index (χ0) is 20.5. The summed E-state index contributed by atoms with van der Waals surface area (Å²) in [6.07, 6.45) is 0.859. The van der Waals surface area contributed by atoms with Crippen molar-refractivity contribution in [1.82, 2.24) is 15.5 Å². The van der Waals surface area contributed by atoms with E-state index in [1.165, 1.54) is 10.8 Å². The number of ether oxygens (including phenoxy) is 1. The van der Waals surface area contributed by atoms with Crippen molar-refractivity contribution < 1.29 is 13.2 Å². The number of nitrogens with one attached hydrogen (secondary N) is 2. The topological polar surface area (TPSA) is 83.0 Å². The summed E-state index contributed by atoms with van der Waals surface area (Å²) in [7, 11) is -1.08. The minimum absolute atomic E-state index is 0. The molecule has 0 unspecified atom stereocenters. The molecular formula is C21H31IN4O3S. The summed E-state index contributed by atoms with van der Waals surface area (Å²) >= 11 is 0. The molecule has 1 saturated heterocycles. The molecule has 0 atom stereocenters. The van der Waals surface area contributed by atoms with Gasteiger partial charge in [0.2, 0.25) is 0 Å². The van der Waals surface area contributed by atoms with Crippen LogP contribution in [-0.2, 0) is 9.84 Å². The van der Waals surface area contributed by atoms with Crippen LogP contribution in [-0.4, -0.2) is 77.2 Å². The van der Waals surface area contributed by atoms with Crippen molar-refractivity contribution in [3.8, 4) is 5.75 Å². The van der Waals surface area contributed by atoms with Gasteiger partial charge in [-0.15, -0.1) is 24.0 Å². The highest BCUT2D eigenvalue weighted by Gasteiger charge is 2.20. The Labute approximate surface area is 196 Å². The zero-order valence-corrected chi connectivity index (χ0v) is 20.5. The monoisotopic (exact) mass is 546 g/mol. The van der Waals surface area contributed by atoms with Gasteiger partial charge in [0.1, 0.15) is 5.75 Å². The van der Waals surface area contributed by atoms with E-state index in [2.05, 4.69) is 44.8 Å². The molecule has 9 heteroatoms. The van der Waals surface area contributed by atoms with E-state index in [4.69, 9.17) is 4.74 Å². The minimum Gasteiger partial charge on any atom is -0.494 e. The molecule has 1 fully saturated rings. The van der Waals surface area contributed by atoms with Gasteiger partial charge >= 0.3 is 0 Å². The number of aliphatic imine (C=N–C) groups is 1. The first-order valence-electron chi connectivity index (χ1n) is 10.0. The zero-order valence-electron chi connectivity index (χ0n) is 17.3. The SMILES string of the molecule is CN=C(NCCCOc1ccc2ccccc2c1)NCCN1CCS(=O)(=O)CC1.I. The summed E-state index contributed by atoms with van der Waals surface area (Å²) in [6, 6.07) is 14.4. The van der Waals surface area contributed by atoms with Crippen LogP contribution in [0.3, 0.4) is 0 Å². The van der Waals surface area contributed by atoms with E-state index >= 15 is 0 Å². The lowest BCUT2D eigenvalue weighted by atomic mass is 10.1. The number of hydrogen-bond donors (Lipinski definition) is 2. The number of benzene rings is 2. The Kier molecular flexibility index (Phi) is 10.1. The second-order valence-electron chi connectivity index (χ2n) is 7.13. The lowest BCUT2D eigenvalue weighted by Crippen LogP contribution is -2.46. The number of guanidine groups is 1. The van der Waals surface area contributed by atoms with Crippen molar-refractivity contribution in [2.24, 2.45) is 4.99 Å². The molecule has 1 heterocycles. The molecule has 2 N–H and O–H groups in total. The maximum absolute atomic E-state index is 11.5. The summed E-state index contributed by atoms with van der Waals surface area (Å²) in [5, 5.41) is 8.94. The number of sulfone groups is 1. The largest absolute Gasteiger partial charge is 0.494 e. The van der Waals surface area contributed by atoms with E-state index in [1.807, 2.05) is 18.2 Å². The average molecular weight is 546 g/mol. The summed E-state index contributed by atoms with van der Waals surface area (Å²) in [4.78, 5) is 6.39. The van der Waals surface area contributed by atoms with Crippen LogP contribution in [0.1, 0.15) is 6.42 Å². The van der Waals surface area contributed by atoms with Gasteiger partial charge in [-0.25, -0.2) is 8.42 Å². The van der Waals surface area contributed by atoms with E-state index in [0.29, 0.717) is 19.7 Å². The van der Waals surface area contributed by atoms with Crippen LogP contribution in [0.15, 0.2) is 47.5 Å². The Morgan fingerprint density at radius 1 is 1.07 bits per heavy atom. The highest BCUT2D eigenvalue weighted by molar-refractivity contribution is 14.0. The molecule has 166 valence electrons. The number of halogens is 1. The number of fused-ring (bicyclic) bond motifs is 1. The smallest absolute Gasteiger partial charge is 0.191 e. The van der Waals surface area contributed by atoms with Gasteiger partial charge in [-0.1, -0.05) is 30.3 Å².